The molecule has 38 heavy (non-hydrogen) atoms. The third-order valence-corrected chi connectivity index (χ3v) is 9.09. The van der Waals surface area contributed by atoms with Crippen molar-refractivity contribution in [2.24, 2.45) is 4.99 Å². The Morgan fingerprint density at radius 1 is 1.11 bits per heavy atom. The number of carbonyl (C=O) groups is 2. The van der Waals surface area contributed by atoms with Crippen molar-refractivity contribution >= 4 is 27.7 Å². The molecule has 0 atom stereocenters. The van der Waals surface area contributed by atoms with Gasteiger partial charge >= 0.3 is 0 Å². The zero-order valence-electron chi connectivity index (χ0n) is 22.4. The maximum absolute atomic E-state index is 13.2. The summed E-state index contributed by atoms with van der Waals surface area (Å²) >= 11 is 0. The lowest BCUT2D eigenvalue weighted by molar-refractivity contribution is -0.124. The summed E-state index contributed by atoms with van der Waals surface area (Å²) in [6.07, 6.45) is 0.890. The van der Waals surface area contributed by atoms with Gasteiger partial charge in [0.05, 0.1) is 20.0 Å². The average Bonchev–Trinajstić information content (AvgIpc) is 3.21. The average molecular weight is 543 g/mol. The molecular weight excluding hydrogens is 508 g/mol. The Labute approximate surface area is 223 Å². The summed E-state index contributed by atoms with van der Waals surface area (Å²) in [5.74, 6) is 1.01. The summed E-state index contributed by atoms with van der Waals surface area (Å²) in [4.78, 5) is 31.5. The molecule has 1 spiro atoms. The van der Waals surface area contributed by atoms with E-state index in [1.165, 1.54) is 23.4 Å². The summed E-state index contributed by atoms with van der Waals surface area (Å²) < 4.78 is 38.7. The molecule has 2 aromatic rings. The minimum absolute atomic E-state index is 0.0546. The van der Waals surface area contributed by atoms with Gasteiger partial charge in [-0.2, -0.15) is 0 Å². The highest BCUT2D eigenvalue weighted by Gasteiger charge is 2.48. The van der Waals surface area contributed by atoms with Crippen molar-refractivity contribution in [1.82, 2.24) is 14.5 Å². The van der Waals surface area contributed by atoms with Crippen molar-refractivity contribution in [2.45, 2.75) is 31.7 Å². The number of amidine groups is 1. The number of hydrogen-bond acceptors (Lipinski definition) is 7. The zero-order chi connectivity index (χ0) is 27.7. The summed E-state index contributed by atoms with van der Waals surface area (Å²) in [5, 5.41) is 2.86. The molecule has 4 rings (SSSR count). The number of piperidine rings is 1. The molecule has 1 fully saturated rings. The quantitative estimate of drug-likeness (QED) is 0.545. The molecular formula is C27H34N4O6S. The van der Waals surface area contributed by atoms with Crippen LogP contribution in [0.1, 0.15) is 39.9 Å². The van der Waals surface area contributed by atoms with Gasteiger partial charge in [-0.05, 0) is 61.6 Å². The third-order valence-electron chi connectivity index (χ3n) is 7.21. The fourth-order valence-electron chi connectivity index (χ4n) is 4.93. The SMILES string of the molecule is COc1cccc(OC)c1C1=NC2(CCN(S(=O)(=O)CCc3ccc(C(=O)N(C)C)cc3C)CC2)C(=O)N1. The number of amides is 2. The van der Waals surface area contributed by atoms with Gasteiger partial charge in [0.15, 0.2) is 0 Å². The van der Waals surface area contributed by atoms with E-state index in [4.69, 9.17) is 14.5 Å². The molecule has 1 N–H and O–H groups in total. The lowest BCUT2D eigenvalue weighted by Gasteiger charge is -2.34. The van der Waals surface area contributed by atoms with Crippen molar-refractivity contribution in [3.8, 4) is 11.5 Å². The molecule has 204 valence electrons. The van der Waals surface area contributed by atoms with E-state index in [-0.39, 0.29) is 43.5 Å². The molecule has 2 amide bonds. The minimum atomic E-state index is -3.55. The number of ether oxygens (including phenoxy) is 2. The van der Waals surface area contributed by atoms with Crippen molar-refractivity contribution in [2.75, 3.05) is 47.2 Å². The molecule has 0 bridgehead atoms. The summed E-state index contributed by atoms with van der Waals surface area (Å²) in [6.45, 7) is 2.28. The molecule has 0 aliphatic carbocycles. The van der Waals surface area contributed by atoms with Crippen LogP contribution in [0.4, 0.5) is 0 Å². The molecule has 10 nitrogen and oxygen atoms in total. The summed E-state index contributed by atoms with van der Waals surface area (Å²) in [6, 6.07) is 10.7. The fourth-order valence-corrected chi connectivity index (χ4v) is 6.40. The van der Waals surface area contributed by atoms with Gasteiger partial charge in [0.25, 0.3) is 11.8 Å². The van der Waals surface area contributed by atoms with Gasteiger partial charge < -0.3 is 19.7 Å². The number of aryl methyl sites for hydroxylation is 2. The van der Waals surface area contributed by atoms with E-state index in [1.54, 1.807) is 44.4 Å². The Bertz CT molecular complexity index is 1360. The van der Waals surface area contributed by atoms with Crippen molar-refractivity contribution in [3.05, 3.63) is 58.7 Å². The normalized spacial score (nSPS) is 17.2. The second-order valence-electron chi connectivity index (χ2n) is 9.79. The van der Waals surface area contributed by atoms with Crippen molar-refractivity contribution < 1.29 is 27.5 Å². The molecule has 0 saturated carbocycles. The van der Waals surface area contributed by atoms with E-state index >= 15 is 0 Å². The maximum Gasteiger partial charge on any atom is 0.253 e. The van der Waals surface area contributed by atoms with Crippen LogP contribution >= 0.6 is 0 Å². The number of methoxy groups -OCH3 is 2. The second kappa shape index (κ2) is 10.7. The van der Waals surface area contributed by atoms with E-state index in [2.05, 4.69) is 5.32 Å². The van der Waals surface area contributed by atoms with Crippen LogP contribution in [0.2, 0.25) is 0 Å². The molecule has 2 aromatic carbocycles. The van der Waals surface area contributed by atoms with Crippen molar-refractivity contribution in [1.29, 1.82) is 0 Å². The first-order valence-corrected chi connectivity index (χ1v) is 14.0. The second-order valence-corrected chi connectivity index (χ2v) is 11.9. The van der Waals surface area contributed by atoms with Crippen molar-refractivity contribution in [3.63, 3.8) is 0 Å². The lowest BCUT2D eigenvalue weighted by Crippen LogP contribution is -2.50. The van der Waals surface area contributed by atoms with E-state index < -0.39 is 15.6 Å². The van der Waals surface area contributed by atoms with Gasteiger partial charge in [0.2, 0.25) is 10.0 Å². The number of benzene rings is 2. The minimum Gasteiger partial charge on any atom is -0.496 e. The fraction of sp³-hybridized carbons (Fsp3) is 0.444. The van der Waals surface area contributed by atoms with Crippen LogP contribution in [0, 0.1) is 6.92 Å². The van der Waals surface area contributed by atoms with E-state index in [0.717, 1.165) is 11.1 Å². The van der Waals surface area contributed by atoms with Crippen LogP contribution in [0.5, 0.6) is 11.5 Å². The first-order valence-electron chi connectivity index (χ1n) is 12.4. The highest BCUT2D eigenvalue weighted by molar-refractivity contribution is 7.89. The highest BCUT2D eigenvalue weighted by Crippen LogP contribution is 2.36. The van der Waals surface area contributed by atoms with Gasteiger partial charge in [-0.1, -0.05) is 12.1 Å². The number of rotatable bonds is 8. The summed E-state index contributed by atoms with van der Waals surface area (Å²) in [5.41, 5.74) is 1.86. The Balaban J connectivity index is 1.44. The van der Waals surface area contributed by atoms with Gasteiger partial charge in [-0.3, -0.25) is 14.6 Å². The van der Waals surface area contributed by atoms with Gasteiger partial charge in [-0.25, -0.2) is 12.7 Å². The van der Waals surface area contributed by atoms with Gasteiger partial charge in [-0.15, -0.1) is 0 Å². The topological polar surface area (TPSA) is 118 Å². The standard InChI is InChI=1S/C27H34N4O6S/c1-18-17-20(25(32)30(2)3)10-9-19(18)11-16-38(34,35)31-14-12-27(13-15-31)26(33)28-24(29-27)23-21(36-4)7-6-8-22(23)37-5/h6-10,17H,11-16H2,1-5H3,(H,28,29,33). The van der Waals surface area contributed by atoms with Crippen LogP contribution in [0.25, 0.3) is 0 Å². The van der Waals surface area contributed by atoms with E-state index in [9.17, 15) is 18.0 Å². The summed E-state index contributed by atoms with van der Waals surface area (Å²) in [7, 11) is 2.90. The molecule has 0 aromatic heterocycles. The molecule has 11 heteroatoms. The monoisotopic (exact) mass is 542 g/mol. The maximum atomic E-state index is 13.2. The Kier molecular flexibility index (Phi) is 7.80. The predicted octanol–water partition coefficient (Wildman–Crippen LogP) is 2.00. The molecule has 2 heterocycles. The zero-order valence-corrected chi connectivity index (χ0v) is 23.2. The highest BCUT2D eigenvalue weighted by atomic mass is 32.2. The molecule has 1 saturated heterocycles. The lowest BCUT2D eigenvalue weighted by atomic mass is 9.89. The van der Waals surface area contributed by atoms with Crippen LogP contribution in [-0.2, 0) is 21.2 Å². The number of nitrogens with one attached hydrogen (secondary N) is 1. The smallest absolute Gasteiger partial charge is 0.253 e. The van der Waals surface area contributed by atoms with Crippen LogP contribution < -0.4 is 14.8 Å². The Morgan fingerprint density at radius 2 is 1.74 bits per heavy atom. The van der Waals surface area contributed by atoms with E-state index in [0.29, 0.717) is 34.9 Å². The molecule has 0 radical (unpaired) electrons. The largest absolute Gasteiger partial charge is 0.496 e. The number of carbonyl (C=O) groups excluding carboxylic acids is 2. The number of aliphatic imine (C=N–C) groups is 1. The van der Waals surface area contributed by atoms with Gasteiger partial charge in [0, 0.05) is 32.7 Å². The predicted molar refractivity (Wildman–Crippen MR) is 144 cm³/mol. The molecule has 0 unspecified atom stereocenters. The number of sulfonamides is 1. The number of hydrogen-bond donors (Lipinski definition) is 1. The van der Waals surface area contributed by atoms with E-state index in [1.807, 2.05) is 13.0 Å². The van der Waals surface area contributed by atoms with Crippen LogP contribution in [0.15, 0.2) is 41.4 Å². The van der Waals surface area contributed by atoms with Gasteiger partial charge in [0.1, 0.15) is 28.4 Å². The first kappa shape index (κ1) is 27.6. The third kappa shape index (κ3) is 5.25. The molecule has 2 aliphatic heterocycles. The number of nitrogens with zero attached hydrogens (tertiary/aromatic N) is 3. The molecule has 2 aliphatic rings. The van der Waals surface area contributed by atoms with Crippen LogP contribution in [0.3, 0.4) is 0 Å². The van der Waals surface area contributed by atoms with Crippen LogP contribution in [-0.4, -0.2) is 88.0 Å². The first-order chi connectivity index (χ1) is 18.0. The Morgan fingerprint density at radius 3 is 2.29 bits per heavy atom. The Hall–Kier alpha value is -3.44.